The van der Waals surface area contributed by atoms with Gasteiger partial charge < -0.3 is 16.0 Å². The molecule has 1 rings (SSSR count). The van der Waals surface area contributed by atoms with Crippen molar-refractivity contribution in [3.8, 4) is 0 Å². The van der Waals surface area contributed by atoms with E-state index < -0.39 is 31.2 Å². The van der Waals surface area contributed by atoms with Gasteiger partial charge in [-0.25, -0.2) is 4.79 Å². The largest absolute Gasteiger partial charge is 0.405 e. The Bertz CT molecular complexity index is 435. The number of rotatable bonds is 4. The minimum atomic E-state index is -4.47. The molecule has 3 amide bonds. The van der Waals surface area contributed by atoms with E-state index >= 15 is 0 Å². The molecule has 0 radical (unpaired) electrons. The van der Waals surface area contributed by atoms with Crippen LogP contribution in [-0.2, 0) is 4.79 Å². The Labute approximate surface area is 107 Å². The third kappa shape index (κ3) is 6.92. The second-order valence-electron chi connectivity index (χ2n) is 3.57. The van der Waals surface area contributed by atoms with Gasteiger partial charge in [0, 0.05) is 5.69 Å². The minimum absolute atomic E-state index is 0.510. The fourth-order valence-corrected chi connectivity index (χ4v) is 1.12. The Balaban J connectivity index is 2.25. The minimum Gasteiger partial charge on any atom is -0.345 e. The summed E-state index contributed by atoms with van der Waals surface area (Å²) in [4.78, 5) is 22.3. The van der Waals surface area contributed by atoms with Crippen LogP contribution in [0.2, 0.25) is 0 Å². The number of urea groups is 1. The highest BCUT2D eigenvalue weighted by Crippen LogP contribution is 2.11. The van der Waals surface area contributed by atoms with Gasteiger partial charge in [-0.15, -0.1) is 0 Å². The number of alkyl halides is 3. The Hall–Kier alpha value is -2.25. The maximum Gasteiger partial charge on any atom is 0.405 e. The Morgan fingerprint density at radius 1 is 1.05 bits per heavy atom. The van der Waals surface area contributed by atoms with Gasteiger partial charge in [-0.3, -0.25) is 4.79 Å². The summed E-state index contributed by atoms with van der Waals surface area (Å²) >= 11 is 0. The van der Waals surface area contributed by atoms with E-state index in [1.165, 1.54) is 0 Å². The standard InChI is InChI=1S/C11H12F3N3O2/c12-11(13,14)7-16-9(18)6-15-10(19)17-8-4-2-1-3-5-8/h1-5H,6-7H2,(H,16,18)(H2,15,17,19). The first kappa shape index (κ1) is 14.8. The Morgan fingerprint density at radius 3 is 2.26 bits per heavy atom. The Morgan fingerprint density at radius 2 is 1.68 bits per heavy atom. The quantitative estimate of drug-likeness (QED) is 0.779. The van der Waals surface area contributed by atoms with E-state index in [0.29, 0.717) is 5.69 Å². The Kier molecular flexibility index (Phi) is 5.16. The van der Waals surface area contributed by atoms with Crippen LogP contribution in [0.3, 0.4) is 0 Å². The second kappa shape index (κ2) is 6.62. The molecular formula is C11H12F3N3O2. The number of anilines is 1. The molecule has 0 aliphatic carbocycles. The van der Waals surface area contributed by atoms with Crippen LogP contribution in [-0.4, -0.2) is 31.2 Å². The number of halogens is 3. The average molecular weight is 275 g/mol. The lowest BCUT2D eigenvalue weighted by Crippen LogP contribution is -2.42. The number of amides is 3. The predicted molar refractivity (Wildman–Crippen MR) is 62.5 cm³/mol. The summed E-state index contributed by atoms with van der Waals surface area (Å²) in [6, 6.07) is 7.74. The summed E-state index contributed by atoms with van der Waals surface area (Å²) in [5.41, 5.74) is 0.510. The van der Waals surface area contributed by atoms with Gasteiger partial charge in [0.1, 0.15) is 6.54 Å². The lowest BCUT2D eigenvalue weighted by molar-refractivity contribution is -0.137. The normalized spacial score (nSPS) is 10.7. The SMILES string of the molecule is O=C(CNC(=O)Nc1ccccc1)NCC(F)(F)F. The molecule has 0 aliphatic rings. The maximum absolute atomic E-state index is 11.8. The number of carbonyl (C=O) groups is 2. The summed E-state index contributed by atoms with van der Waals surface area (Å²) in [5.74, 6) is -0.916. The highest BCUT2D eigenvalue weighted by molar-refractivity contribution is 5.92. The van der Waals surface area contributed by atoms with Crippen LogP contribution >= 0.6 is 0 Å². The molecular weight excluding hydrogens is 263 g/mol. The number of para-hydroxylation sites is 1. The number of hydrogen-bond acceptors (Lipinski definition) is 2. The zero-order valence-electron chi connectivity index (χ0n) is 9.75. The van der Waals surface area contributed by atoms with Crippen LogP contribution in [0.4, 0.5) is 23.7 Å². The molecule has 3 N–H and O–H groups in total. The van der Waals surface area contributed by atoms with Crippen molar-refractivity contribution in [1.82, 2.24) is 10.6 Å². The molecule has 8 heteroatoms. The molecule has 1 aromatic rings. The molecule has 0 aliphatic heterocycles. The van der Waals surface area contributed by atoms with Gasteiger partial charge >= 0.3 is 12.2 Å². The molecule has 0 bridgehead atoms. The summed E-state index contributed by atoms with van der Waals surface area (Å²) in [7, 11) is 0. The van der Waals surface area contributed by atoms with Crippen LogP contribution < -0.4 is 16.0 Å². The zero-order valence-corrected chi connectivity index (χ0v) is 9.75. The first-order valence-corrected chi connectivity index (χ1v) is 5.30. The van der Waals surface area contributed by atoms with Crippen LogP contribution in [0.15, 0.2) is 30.3 Å². The van der Waals surface area contributed by atoms with Crippen LogP contribution in [0.5, 0.6) is 0 Å². The van der Waals surface area contributed by atoms with Crippen LogP contribution in [0, 0.1) is 0 Å². The van der Waals surface area contributed by atoms with Crippen molar-refractivity contribution in [2.75, 3.05) is 18.4 Å². The lowest BCUT2D eigenvalue weighted by atomic mass is 10.3. The molecule has 0 fully saturated rings. The van der Waals surface area contributed by atoms with Gasteiger partial charge in [0.2, 0.25) is 5.91 Å². The van der Waals surface area contributed by atoms with Crippen molar-refractivity contribution in [3.05, 3.63) is 30.3 Å². The summed E-state index contributed by atoms with van der Waals surface area (Å²) in [5, 5.41) is 6.19. The number of hydrogen-bond donors (Lipinski definition) is 3. The average Bonchev–Trinajstić information content (AvgIpc) is 2.34. The van der Waals surface area contributed by atoms with Gasteiger partial charge in [0.05, 0.1) is 6.54 Å². The molecule has 0 aromatic heterocycles. The van der Waals surface area contributed by atoms with Crippen molar-refractivity contribution in [3.63, 3.8) is 0 Å². The molecule has 0 unspecified atom stereocenters. The van der Waals surface area contributed by atoms with Gasteiger partial charge in [-0.1, -0.05) is 18.2 Å². The van der Waals surface area contributed by atoms with E-state index in [2.05, 4.69) is 10.6 Å². The first-order valence-electron chi connectivity index (χ1n) is 5.30. The fourth-order valence-electron chi connectivity index (χ4n) is 1.12. The lowest BCUT2D eigenvalue weighted by Gasteiger charge is -2.09. The van der Waals surface area contributed by atoms with E-state index in [1.54, 1.807) is 35.6 Å². The monoisotopic (exact) mass is 275 g/mol. The summed E-state index contributed by atoms with van der Waals surface area (Å²) in [6.45, 7) is -1.96. The van der Waals surface area contributed by atoms with Gasteiger partial charge in [0.25, 0.3) is 0 Å². The fraction of sp³-hybridized carbons (Fsp3) is 0.273. The molecule has 0 spiro atoms. The molecule has 0 saturated carbocycles. The zero-order chi connectivity index (χ0) is 14.3. The van der Waals surface area contributed by atoms with Crippen molar-refractivity contribution in [2.24, 2.45) is 0 Å². The highest BCUT2D eigenvalue weighted by Gasteiger charge is 2.27. The molecule has 0 atom stereocenters. The summed E-state index contributed by atoms with van der Waals surface area (Å²) in [6.07, 6.45) is -4.47. The van der Waals surface area contributed by atoms with E-state index in [0.717, 1.165) is 0 Å². The van der Waals surface area contributed by atoms with Gasteiger partial charge in [-0.05, 0) is 12.1 Å². The number of nitrogens with one attached hydrogen (secondary N) is 3. The van der Waals surface area contributed by atoms with Crippen molar-refractivity contribution >= 4 is 17.6 Å². The predicted octanol–water partition coefficient (Wildman–Crippen LogP) is 1.49. The maximum atomic E-state index is 11.8. The molecule has 5 nitrogen and oxygen atoms in total. The van der Waals surface area contributed by atoms with Gasteiger partial charge in [-0.2, -0.15) is 13.2 Å². The smallest absolute Gasteiger partial charge is 0.345 e. The van der Waals surface area contributed by atoms with Crippen LogP contribution in [0.1, 0.15) is 0 Å². The number of benzene rings is 1. The van der Waals surface area contributed by atoms with Crippen molar-refractivity contribution in [1.29, 1.82) is 0 Å². The molecule has 1 aromatic carbocycles. The van der Waals surface area contributed by atoms with Crippen molar-refractivity contribution in [2.45, 2.75) is 6.18 Å². The summed E-state index contributed by atoms with van der Waals surface area (Å²) < 4.78 is 35.4. The highest BCUT2D eigenvalue weighted by atomic mass is 19.4. The second-order valence-corrected chi connectivity index (χ2v) is 3.57. The molecule has 19 heavy (non-hydrogen) atoms. The van der Waals surface area contributed by atoms with E-state index in [-0.39, 0.29) is 0 Å². The topological polar surface area (TPSA) is 70.2 Å². The van der Waals surface area contributed by atoms with E-state index in [1.807, 2.05) is 0 Å². The number of carbonyl (C=O) groups excluding carboxylic acids is 2. The molecule has 0 saturated heterocycles. The van der Waals surface area contributed by atoms with Gasteiger partial charge in [0.15, 0.2) is 0 Å². The van der Waals surface area contributed by atoms with Crippen LogP contribution in [0.25, 0.3) is 0 Å². The molecule has 104 valence electrons. The third-order valence-electron chi connectivity index (χ3n) is 1.93. The van der Waals surface area contributed by atoms with Crippen molar-refractivity contribution < 1.29 is 22.8 Å². The third-order valence-corrected chi connectivity index (χ3v) is 1.93. The first-order chi connectivity index (χ1) is 8.87. The van der Waals surface area contributed by atoms with E-state index in [9.17, 15) is 22.8 Å². The molecule has 0 heterocycles. The van der Waals surface area contributed by atoms with E-state index in [4.69, 9.17) is 0 Å².